The van der Waals surface area contributed by atoms with Crippen molar-refractivity contribution in [2.75, 3.05) is 14.2 Å². The molecular weight excluding hydrogens is 264 g/mol. The minimum Gasteiger partial charge on any atom is -0.493 e. The van der Waals surface area contributed by atoms with Crippen molar-refractivity contribution >= 4 is 17.9 Å². The normalized spacial score (nSPS) is 10.1. The first kappa shape index (κ1) is 13.4. The van der Waals surface area contributed by atoms with Crippen molar-refractivity contribution in [1.29, 1.82) is 0 Å². The van der Waals surface area contributed by atoms with Gasteiger partial charge in [-0.1, -0.05) is 35.9 Å². The van der Waals surface area contributed by atoms with Crippen LogP contribution in [0.5, 0.6) is 11.5 Å². The van der Waals surface area contributed by atoms with Crippen LogP contribution in [0.3, 0.4) is 0 Å². The number of carbonyl (C=O) groups excluding carboxylic acids is 1. The van der Waals surface area contributed by atoms with E-state index in [0.717, 1.165) is 17.4 Å². The number of aldehydes is 1. The van der Waals surface area contributed by atoms with E-state index in [1.54, 1.807) is 32.4 Å². The maximum atomic E-state index is 10.7. The van der Waals surface area contributed by atoms with Crippen molar-refractivity contribution in [3.63, 3.8) is 0 Å². The molecule has 2 aromatic rings. The van der Waals surface area contributed by atoms with Crippen LogP contribution in [0.15, 0.2) is 36.4 Å². The minimum absolute atomic E-state index is 0.496. The monoisotopic (exact) mass is 276 g/mol. The summed E-state index contributed by atoms with van der Waals surface area (Å²) in [6, 6.07) is 10.7. The van der Waals surface area contributed by atoms with Gasteiger partial charge in [0.2, 0.25) is 0 Å². The first-order valence-electron chi connectivity index (χ1n) is 5.67. The van der Waals surface area contributed by atoms with Crippen LogP contribution < -0.4 is 9.47 Å². The fourth-order valence-electron chi connectivity index (χ4n) is 1.92. The summed E-state index contributed by atoms with van der Waals surface area (Å²) in [6.45, 7) is 0. The molecule has 3 nitrogen and oxygen atoms in total. The molecule has 0 spiro atoms. The number of rotatable bonds is 4. The zero-order valence-electron chi connectivity index (χ0n) is 10.6. The fraction of sp³-hybridized carbons (Fsp3) is 0.133. The second-order valence-corrected chi connectivity index (χ2v) is 4.31. The Morgan fingerprint density at radius 1 is 1.05 bits per heavy atom. The van der Waals surface area contributed by atoms with Crippen LogP contribution in [-0.4, -0.2) is 20.5 Å². The lowest BCUT2D eigenvalue weighted by atomic mass is 10.0. The molecule has 2 aromatic carbocycles. The summed E-state index contributed by atoms with van der Waals surface area (Å²) in [7, 11) is 3.16. The molecule has 0 aliphatic carbocycles. The smallest absolute Gasteiger partial charge is 0.168 e. The van der Waals surface area contributed by atoms with Crippen molar-refractivity contribution in [3.05, 3.63) is 47.0 Å². The maximum Gasteiger partial charge on any atom is 0.168 e. The number of hydrogen-bond donors (Lipinski definition) is 0. The molecule has 19 heavy (non-hydrogen) atoms. The van der Waals surface area contributed by atoms with Crippen molar-refractivity contribution in [1.82, 2.24) is 0 Å². The molecule has 0 fully saturated rings. The van der Waals surface area contributed by atoms with E-state index in [2.05, 4.69) is 0 Å². The van der Waals surface area contributed by atoms with Gasteiger partial charge in [0.15, 0.2) is 11.5 Å². The van der Waals surface area contributed by atoms with E-state index in [1.807, 2.05) is 18.2 Å². The molecule has 0 amide bonds. The number of benzene rings is 2. The van der Waals surface area contributed by atoms with Crippen molar-refractivity contribution < 1.29 is 14.3 Å². The van der Waals surface area contributed by atoms with Crippen LogP contribution in [0.4, 0.5) is 0 Å². The van der Waals surface area contributed by atoms with Crippen LogP contribution in [0, 0.1) is 0 Å². The Kier molecular flexibility index (Phi) is 4.07. The lowest BCUT2D eigenvalue weighted by molar-refractivity contribution is 0.112. The number of carbonyl (C=O) groups is 1. The summed E-state index contributed by atoms with van der Waals surface area (Å²) < 4.78 is 10.6. The van der Waals surface area contributed by atoms with E-state index in [-0.39, 0.29) is 0 Å². The van der Waals surface area contributed by atoms with E-state index >= 15 is 0 Å². The van der Waals surface area contributed by atoms with Gasteiger partial charge in [-0.15, -0.1) is 0 Å². The number of para-hydroxylation sites is 1. The molecule has 0 aliphatic rings. The highest BCUT2D eigenvalue weighted by Gasteiger charge is 2.13. The Bertz CT molecular complexity index is 608. The van der Waals surface area contributed by atoms with Gasteiger partial charge < -0.3 is 9.47 Å². The quantitative estimate of drug-likeness (QED) is 0.796. The molecule has 0 unspecified atom stereocenters. The van der Waals surface area contributed by atoms with Crippen LogP contribution in [0.1, 0.15) is 10.4 Å². The number of halogens is 1. The largest absolute Gasteiger partial charge is 0.493 e. The standard InChI is InChI=1S/C15H13ClO3/c1-18-14-5-3-4-12(15(14)19-2)11-7-6-10(9-17)8-13(11)16/h3-9H,1-2H3. The molecule has 0 bridgehead atoms. The van der Waals surface area contributed by atoms with Crippen molar-refractivity contribution in [2.45, 2.75) is 0 Å². The average molecular weight is 277 g/mol. The third-order valence-corrected chi connectivity index (χ3v) is 3.14. The maximum absolute atomic E-state index is 10.7. The second kappa shape index (κ2) is 5.76. The fourth-order valence-corrected chi connectivity index (χ4v) is 2.21. The highest BCUT2D eigenvalue weighted by atomic mass is 35.5. The molecule has 0 atom stereocenters. The number of hydrogen-bond acceptors (Lipinski definition) is 3. The Balaban J connectivity index is 2.61. The molecule has 0 heterocycles. The van der Waals surface area contributed by atoms with Gasteiger partial charge in [0.1, 0.15) is 6.29 Å². The minimum atomic E-state index is 0.496. The first-order valence-corrected chi connectivity index (χ1v) is 6.05. The lowest BCUT2D eigenvalue weighted by Crippen LogP contribution is -1.94. The molecule has 2 rings (SSSR count). The molecule has 0 N–H and O–H groups in total. The SMILES string of the molecule is COc1cccc(-c2ccc(C=O)cc2Cl)c1OC. The molecule has 0 aliphatic heterocycles. The van der Waals surface area contributed by atoms with Crippen molar-refractivity contribution in [3.8, 4) is 22.6 Å². The average Bonchev–Trinajstić information content (AvgIpc) is 2.46. The summed E-state index contributed by atoms with van der Waals surface area (Å²) in [5.74, 6) is 1.25. The molecule has 4 heteroatoms. The van der Waals surface area contributed by atoms with Gasteiger partial charge in [0.25, 0.3) is 0 Å². The van der Waals surface area contributed by atoms with E-state index in [4.69, 9.17) is 21.1 Å². The van der Waals surface area contributed by atoms with E-state index in [9.17, 15) is 4.79 Å². The van der Waals surface area contributed by atoms with Crippen LogP contribution in [0.2, 0.25) is 5.02 Å². The van der Waals surface area contributed by atoms with Crippen LogP contribution in [-0.2, 0) is 0 Å². The van der Waals surface area contributed by atoms with Crippen molar-refractivity contribution in [2.24, 2.45) is 0 Å². The summed E-state index contributed by atoms with van der Waals surface area (Å²) >= 11 is 6.21. The highest BCUT2D eigenvalue weighted by Crippen LogP contribution is 2.40. The first-order chi connectivity index (χ1) is 9.21. The summed E-state index contributed by atoms with van der Waals surface area (Å²) in [4.78, 5) is 10.7. The van der Waals surface area contributed by atoms with Gasteiger partial charge in [-0.3, -0.25) is 4.79 Å². The third-order valence-electron chi connectivity index (χ3n) is 2.82. The zero-order valence-corrected chi connectivity index (χ0v) is 11.4. The molecular formula is C15H13ClO3. The summed E-state index contributed by atoms with van der Waals surface area (Å²) in [5, 5.41) is 0.496. The molecule has 0 radical (unpaired) electrons. The topological polar surface area (TPSA) is 35.5 Å². The van der Waals surface area contributed by atoms with Gasteiger partial charge >= 0.3 is 0 Å². The van der Waals surface area contributed by atoms with Gasteiger partial charge in [-0.25, -0.2) is 0 Å². The summed E-state index contributed by atoms with van der Waals surface area (Å²) in [5.41, 5.74) is 2.16. The van der Waals surface area contributed by atoms with E-state index in [0.29, 0.717) is 22.1 Å². The van der Waals surface area contributed by atoms with Gasteiger partial charge in [-0.05, 0) is 12.1 Å². The predicted molar refractivity (Wildman–Crippen MR) is 75.4 cm³/mol. The highest BCUT2D eigenvalue weighted by molar-refractivity contribution is 6.33. The van der Waals surface area contributed by atoms with Crippen LogP contribution in [0.25, 0.3) is 11.1 Å². The number of methoxy groups -OCH3 is 2. The lowest BCUT2D eigenvalue weighted by Gasteiger charge is -2.13. The Hall–Kier alpha value is -2.00. The Labute approximate surface area is 116 Å². The van der Waals surface area contributed by atoms with E-state index < -0.39 is 0 Å². The zero-order chi connectivity index (χ0) is 13.8. The Morgan fingerprint density at radius 3 is 2.42 bits per heavy atom. The second-order valence-electron chi connectivity index (χ2n) is 3.90. The molecule has 98 valence electrons. The van der Waals surface area contributed by atoms with Gasteiger partial charge in [0, 0.05) is 21.7 Å². The molecule has 0 aromatic heterocycles. The molecule has 0 saturated heterocycles. The van der Waals surface area contributed by atoms with E-state index in [1.165, 1.54) is 0 Å². The summed E-state index contributed by atoms with van der Waals surface area (Å²) in [6.07, 6.45) is 0.762. The number of ether oxygens (including phenoxy) is 2. The molecule has 0 saturated carbocycles. The Morgan fingerprint density at radius 2 is 1.84 bits per heavy atom. The van der Waals surface area contributed by atoms with Crippen LogP contribution >= 0.6 is 11.6 Å². The van der Waals surface area contributed by atoms with Gasteiger partial charge in [-0.2, -0.15) is 0 Å². The third kappa shape index (κ3) is 2.56. The predicted octanol–water partition coefficient (Wildman–Crippen LogP) is 3.84. The van der Waals surface area contributed by atoms with Gasteiger partial charge in [0.05, 0.1) is 14.2 Å².